The van der Waals surface area contributed by atoms with Crippen molar-refractivity contribution in [1.29, 1.82) is 0 Å². The predicted molar refractivity (Wildman–Crippen MR) is 116 cm³/mol. The minimum atomic E-state index is 0.288. The molecular weight excluding hydrogens is 384 g/mol. The van der Waals surface area contributed by atoms with Gasteiger partial charge in [0.25, 0.3) is 0 Å². The van der Waals surface area contributed by atoms with E-state index in [1.807, 2.05) is 18.4 Å². The summed E-state index contributed by atoms with van der Waals surface area (Å²) in [5, 5.41) is 9.63. The standard InChI is InChI=1S/C22H34N4O2S/c1-15-14-26(9-11-27-15)17(18-5-3-12-29-18)13-24-21(23-2)25-19-16-6-10-28-20(16)22(19)7-4-8-22/h3,5,12,15-17,19-20H,4,6-11,13-14H2,1-2H3,(H2,23,24,25). The highest BCUT2D eigenvalue weighted by molar-refractivity contribution is 7.10. The molecule has 160 valence electrons. The molecule has 2 saturated heterocycles. The first-order valence-corrected chi connectivity index (χ1v) is 12.1. The number of nitrogens with one attached hydrogen (secondary N) is 2. The smallest absolute Gasteiger partial charge is 0.191 e. The molecular formula is C22H34N4O2S. The number of hydrogen-bond acceptors (Lipinski definition) is 5. The highest BCUT2D eigenvalue weighted by Gasteiger charge is 2.66. The molecule has 3 heterocycles. The van der Waals surface area contributed by atoms with Crippen molar-refractivity contribution in [1.82, 2.24) is 15.5 Å². The molecule has 0 amide bonds. The van der Waals surface area contributed by atoms with Crippen molar-refractivity contribution >= 4 is 17.3 Å². The second-order valence-electron chi connectivity index (χ2n) is 9.11. The molecule has 2 aliphatic heterocycles. The molecule has 2 saturated carbocycles. The van der Waals surface area contributed by atoms with E-state index in [2.05, 4.69) is 45.0 Å². The third kappa shape index (κ3) is 3.50. The zero-order valence-corrected chi connectivity index (χ0v) is 18.4. The van der Waals surface area contributed by atoms with Crippen molar-refractivity contribution in [2.24, 2.45) is 16.3 Å². The minimum Gasteiger partial charge on any atom is -0.377 e. The third-order valence-corrected chi connectivity index (χ3v) is 8.57. The van der Waals surface area contributed by atoms with Crippen LogP contribution in [0.3, 0.4) is 0 Å². The summed E-state index contributed by atoms with van der Waals surface area (Å²) in [4.78, 5) is 8.54. The number of rotatable bonds is 5. The van der Waals surface area contributed by atoms with Crippen LogP contribution < -0.4 is 10.6 Å². The Hall–Kier alpha value is -1.15. The number of hydrogen-bond donors (Lipinski definition) is 2. The fourth-order valence-electron chi connectivity index (χ4n) is 6.01. The Labute approximate surface area is 178 Å². The number of fused-ring (bicyclic) bond motifs is 2. The topological polar surface area (TPSA) is 58.1 Å². The molecule has 29 heavy (non-hydrogen) atoms. The van der Waals surface area contributed by atoms with Crippen molar-refractivity contribution < 1.29 is 9.47 Å². The maximum absolute atomic E-state index is 6.07. The summed E-state index contributed by atoms with van der Waals surface area (Å²) in [6.07, 6.45) is 5.90. The number of aliphatic imine (C=N–C) groups is 1. The van der Waals surface area contributed by atoms with E-state index >= 15 is 0 Å². The lowest BCUT2D eigenvalue weighted by atomic mass is 9.46. The van der Waals surface area contributed by atoms with Crippen molar-refractivity contribution in [3.05, 3.63) is 22.4 Å². The van der Waals surface area contributed by atoms with Crippen LogP contribution >= 0.6 is 11.3 Å². The average molecular weight is 419 g/mol. The molecule has 5 rings (SSSR count). The summed E-state index contributed by atoms with van der Waals surface area (Å²) in [5.41, 5.74) is 0.367. The first-order valence-electron chi connectivity index (χ1n) is 11.2. The van der Waals surface area contributed by atoms with Gasteiger partial charge in [0.2, 0.25) is 0 Å². The van der Waals surface area contributed by atoms with Crippen LogP contribution in [0.15, 0.2) is 22.5 Å². The first-order chi connectivity index (χ1) is 14.2. The fraction of sp³-hybridized carbons (Fsp3) is 0.773. The second kappa shape index (κ2) is 8.17. The lowest BCUT2D eigenvalue weighted by molar-refractivity contribution is -0.171. The van der Waals surface area contributed by atoms with Crippen LogP contribution in [0.1, 0.15) is 43.5 Å². The molecule has 6 nitrogen and oxygen atoms in total. The molecule has 7 heteroatoms. The molecule has 4 fully saturated rings. The third-order valence-electron chi connectivity index (χ3n) is 7.60. The minimum absolute atomic E-state index is 0.288. The van der Waals surface area contributed by atoms with Crippen molar-refractivity contribution in [2.75, 3.05) is 39.9 Å². The van der Waals surface area contributed by atoms with E-state index in [9.17, 15) is 0 Å². The summed E-state index contributed by atoms with van der Waals surface area (Å²) in [5.74, 6) is 1.59. The van der Waals surface area contributed by atoms with E-state index < -0.39 is 0 Å². The Balaban J connectivity index is 1.24. The van der Waals surface area contributed by atoms with Crippen LogP contribution in [0.2, 0.25) is 0 Å². The Morgan fingerprint density at radius 3 is 2.97 bits per heavy atom. The molecule has 2 aliphatic carbocycles. The van der Waals surface area contributed by atoms with E-state index in [4.69, 9.17) is 9.47 Å². The van der Waals surface area contributed by atoms with Crippen molar-refractivity contribution in [3.63, 3.8) is 0 Å². The summed E-state index contributed by atoms with van der Waals surface area (Å²) < 4.78 is 11.8. The lowest BCUT2D eigenvalue weighted by Crippen LogP contribution is -2.72. The SMILES string of the molecule is CN=C(NCC(c1cccs1)N1CCOC(C)C1)NC1C2CCOC2C12CCC2. The van der Waals surface area contributed by atoms with Crippen LogP contribution in [0.25, 0.3) is 0 Å². The summed E-state index contributed by atoms with van der Waals surface area (Å²) in [7, 11) is 1.89. The average Bonchev–Trinajstić information content (AvgIpc) is 3.34. The Bertz CT molecular complexity index is 720. The normalized spacial score (nSPS) is 34.9. The monoisotopic (exact) mass is 418 g/mol. The van der Waals surface area contributed by atoms with Gasteiger partial charge in [0.05, 0.1) is 24.9 Å². The molecule has 0 bridgehead atoms. The molecule has 1 aromatic rings. The summed E-state index contributed by atoms with van der Waals surface area (Å²) in [6.45, 7) is 6.72. The molecule has 1 aromatic heterocycles. The van der Waals surface area contributed by atoms with Gasteiger partial charge in [-0.2, -0.15) is 0 Å². The van der Waals surface area contributed by atoms with Crippen molar-refractivity contribution in [2.45, 2.75) is 56.9 Å². The fourth-order valence-corrected chi connectivity index (χ4v) is 6.87. The van der Waals surface area contributed by atoms with Crippen LogP contribution in [-0.4, -0.2) is 69.0 Å². The van der Waals surface area contributed by atoms with Crippen LogP contribution in [0.5, 0.6) is 0 Å². The van der Waals surface area contributed by atoms with Gasteiger partial charge in [0.15, 0.2) is 5.96 Å². The highest BCUT2D eigenvalue weighted by atomic mass is 32.1. The molecule has 4 aliphatic rings. The van der Waals surface area contributed by atoms with E-state index in [1.165, 1.54) is 30.6 Å². The number of ether oxygens (including phenoxy) is 2. The summed E-state index contributed by atoms with van der Waals surface area (Å²) in [6, 6.07) is 5.27. The maximum atomic E-state index is 6.07. The number of morpholine rings is 1. The van der Waals surface area contributed by atoms with Gasteiger partial charge < -0.3 is 20.1 Å². The van der Waals surface area contributed by atoms with Crippen LogP contribution in [0.4, 0.5) is 0 Å². The van der Waals surface area contributed by atoms with Gasteiger partial charge in [0, 0.05) is 55.5 Å². The van der Waals surface area contributed by atoms with E-state index in [0.29, 0.717) is 29.5 Å². The van der Waals surface area contributed by atoms with E-state index in [-0.39, 0.29) is 6.10 Å². The Morgan fingerprint density at radius 2 is 2.28 bits per heavy atom. The molecule has 2 N–H and O–H groups in total. The summed E-state index contributed by atoms with van der Waals surface area (Å²) >= 11 is 1.84. The quantitative estimate of drug-likeness (QED) is 0.569. The number of thiophene rings is 1. The van der Waals surface area contributed by atoms with Crippen LogP contribution in [-0.2, 0) is 9.47 Å². The van der Waals surface area contributed by atoms with Gasteiger partial charge in [-0.15, -0.1) is 11.3 Å². The molecule has 5 unspecified atom stereocenters. The predicted octanol–water partition coefficient (Wildman–Crippen LogP) is 2.63. The van der Waals surface area contributed by atoms with E-state index in [1.54, 1.807) is 0 Å². The largest absolute Gasteiger partial charge is 0.377 e. The first kappa shape index (κ1) is 19.8. The zero-order valence-electron chi connectivity index (χ0n) is 17.6. The number of nitrogens with zero attached hydrogens (tertiary/aromatic N) is 2. The lowest BCUT2D eigenvalue weighted by Gasteiger charge is -2.63. The van der Waals surface area contributed by atoms with Gasteiger partial charge in [-0.05, 0) is 37.6 Å². The van der Waals surface area contributed by atoms with Crippen molar-refractivity contribution in [3.8, 4) is 0 Å². The zero-order chi connectivity index (χ0) is 19.8. The van der Waals surface area contributed by atoms with Gasteiger partial charge in [-0.1, -0.05) is 12.5 Å². The van der Waals surface area contributed by atoms with Crippen LogP contribution in [0, 0.1) is 11.3 Å². The maximum Gasteiger partial charge on any atom is 0.191 e. The molecule has 1 spiro atoms. The number of guanidine groups is 1. The van der Waals surface area contributed by atoms with Gasteiger partial charge >= 0.3 is 0 Å². The molecule has 0 aromatic carbocycles. The Kier molecular flexibility index (Phi) is 5.58. The molecule has 0 radical (unpaired) electrons. The Morgan fingerprint density at radius 1 is 1.38 bits per heavy atom. The molecule has 5 atom stereocenters. The van der Waals surface area contributed by atoms with Gasteiger partial charge in [-0.25, -0.2) is 0 Å². The second-order valence-corrected chi connectivity index (χ2v) is 10.1. The highest BCUT2D eigenvalue weighted by Crippen LogP contribution is 2.62. The van der Waals surface area contributed by atoms with E-state index in [0.717, 1.165) is 38.8 Å². The van der Waals surface area contributed by atoms with Gasteiger partial charge in [-0.3, -0.25) is 9.89 Å². The van der Waals surface area contributed by atoms with Gasteiger partial charge in [0.1, 0.15) is 0 Å².